The number of guanidine groups is 1. The second-order valence-electron chi connectivity index (χ2n) is 10.1. The van der Waals surface area contributed by atoms with Crippen molar-refractivity contribution in [3.8, 4) is 0 Å². The van der Waals surface area contributed by atoms with Crippen LogP contribution >= 0.6 is 0 Å². The first kappa shape index (κ1) is 27.2. The van der Waals surface area contributed by atoms with E-state index in [2.05, 4.69) is 4.99 Å². The van der Waals surface area contributed by atoms with Crippen molar-refractivity contribution in [2.45, 2.75) is 38.5 Å². The van der Waals surface area contributed by atoms with Crippen LogP contribution in [0.3, 0.4) is 0 Å². The molecule has 0 aliphatic carbocycles. The van der Waals surface area contributed by atoms with Crippen molar-refractivity contribution < 1.29 is 27.6 Å². The van der Waals surface area contributed by atoms with E-state index >= 15 is 0 Å². The number of carbonyl (C=O) groups is 3. The van der Waals surface area contributed by atoms with Gasteiger partial charge in [0.25, 0.3) is 11.8 Å². The summed E-state index contributed by atoms with van der Waals surface area (Å²) in [5, 5.41) is 0. The third kappa shape index (κ3) is 5.09. The maximum atomic E-state index is 13.8. The molecule has 0 bridgehead atoms. The molecular weight excluding hydrogens is 499 g/mol. The number of amides is 3. The van der Waals surface area contributed by atoms with Gasteiger partial charge in [0.05, 0.1) is 17.7 Å². The van der Waals surface area contributed by atoms with Crippen molar-refractivity contribution in [2.24, 2.45) is 16.6 Å². The SMILES string of the molecule is CC(C)CC1(c2ccccc2)N=C(N)N(Cc2ccc(C(F)(F)F)c(C(=O)N3CCN(C)C(=O)C3)c2)C1=O. The van der Waals surface area contributed by atoms with Gasteiger partial charge in [-0.15, -0.1) is 0 Å². The molecular formula is C27H30F3N5O3. The molecule has 2 aliphatic rings. The van der Waals surface area contributed by atoms with Crippen molar-refractivity contribution in [3.63, 3.8) is 0 Å². The van der Waals surface area contributed by atoms with Gasteiger partial charge in [-0.3, -0.25) is 19.3 Å². The number of piperazine rings is 1. The molecule has 11 heteroatoms. The largest absolute Gasteiger partial charge is 0.417 e. The molecule has 4 rings (SSSR count). The number of nitrogens with two attached hydrogens (primary N) is 1. The molecule has 1 unspecified atom stereocenters. The van der Waals surface area contributed by atoms with Gasteiger partial charge in [-0.1, -0.05) is 50.2 Å². The van der Waals surface area contributed by atoms with Crippen molar-refractivity contribution >= 4 is 23.7 Å². The highest BCUT2D eigenvalue weighted by molar-refractivity contribution is 6.07. The fourth-order valence-corrected chi connectivity index (χ4v) is 4.93. The normalized spacial score (nSPS) is 20.4. The summed E-state index contributed by atoms with van der Waals surface area (Å²) in [6.07, 6.45) is -4.40. The summed E-state index contributed by atoms with van der Waals surface area (Å²) in [7, 11) is 1.57. The monoisotopic (exact) mass is 529 g/mol. The van der Waals surface area contributed by atoms with Crippen molar-refractivity contribution in [3.05, 3.63) is 70.8 Å². The van der Waals surface area contributed by atoms with E-state index in [0.717, 1.165) is 17.0 Å². The zero-order valence-electron chi connectivity index (χ0n) is 21.5. The summed E-state index contributed by atoms with van der Waals surface area (Å²) >= 11 is 0. The van der Waals surface area contributed by atoms with Gasteiger partial charge < -0.3 is 15.5 Å². The number of rotatable bonds is 6. The van der Waals surface area contributed by atoms with E-state index in [1.54, 1.807) is 31.3 Å². The van der Waals surface area contributed by atoms with Crippen LogP contribution in [0, 0.1) is 5.92 Å². The molecule has 38 heavy (non-hydrogen) atoms. The molecule has 1 atom stereocenters. The lowest BCUT2D eigenvalue weighted by atomic mass is 9.82. The summed E-state index contributed by atoms with van der Waals surface area (Å²) in [4.78, 5) is 47.4. The summed E-state index contributed by atoms with van der Waals surface area (Å²) in [6.45, 7) is 3.78. The first-order valence-electron chi connectivity index (χ1n) is 12.3. The number of benzene rings is 2. The van der Waals surface area contributed by atoms with Crippen LogP contribution in [-0.4, -0.2) is 65.1 Å². The maximum Gasteiger partial charge on any atom is 0.417 e. The second-order valence-corrected chi connectivity index (χ2v) is 10.1. The first-order valence-corrected chi connectivity index (χ1v) is 12.3. The first-order chi connectivity index (χ1) is 17.8. The van der Waals surface area contributed by atoms with Crippen LogP contribution in [0.2, 0.25) is 0 Å². The molecule has 2 aromatic rings. The molecule has 1 saturated heterocycles. The van der Waals surface area contributed by atoms with Gasteiger partial charge in [0.2, 0.25) is 5.91 Å². The van der Waals surface area contributed by atoms with Crippen LogP contribution in [0.5, 0.6) is 0 Å². The van der Waals surface area contributed by atoms with Crippen molar-refractivity contribution in [1.29, 1.82) is 0 Å². The molecule has 2 N–H and O–H groups in total. The average Bonchev–Trinajstić information content (AvgIpc) is 3.09. The number of alkyl halides is 3. The standard InChI is InChI=1S/C27H30F3N5O3/c1-17(2)14-26(19-7-5-4-6-8-19)24(38)35(25(31)32-26)15-18-9-10-21(27(28,29)30)20(13-18)23(37)34-12-11-33(3)22(36)16-34/h4-10,13,17H,11-12,14-16H2,1-3H3,(H2,31,32). The van der Waals surface area contributed by atoms with Crippen molar-refractivity contribution in [1.82, 2.24) is 14.7 Å². The van der Waals surface area contributed by atoms with Crippen LogP contribution in [0.25, 0.3) is 0 Å². The van der Waals surface area contributed by atoms with Gasteiger partial charge in [0.15, 0.2) is 11.5 Å². The summed E-state index contributed by atoms with van der Waals surface area (Å²) in [6, 6.07) is 12.2. The Labute approximate surface area is 218 Å². The van der Waals surface area contributed by atoms with Crippen LogP contribution in [0.15, 0.2) is 53.5 Å². The molecule has 202 valence electrons. The lowest BCUT2D eigenvalue weighted by molar-refractivity contribution is -0.138. The van der Waals surface area contributed by atoms with Gasteiger partial charge >= 0.3 is 6.18 Å². The zero-order chi connectivity index (χ0) is 27.8. The van der Waals surface area contributed by atoms with Crippen LogP contribution in [0.4, 0.5) is 13.2 Å². The van der Waals surface area contributed by atoms with E-state index in [1.807, 2.05) is 19.9 Å². The van der Waals surface area contributed by atoms with Gasteiger partial charge in [-0.2, -0.15) is 13.2 Å². The Balaban J connectivity index is 1.68. The number of halogens is 3. The van der Waals surface area contributed by atoms with Crippen LogP contribution in [0.1, 0.15) is 47.3 Å². The van der Waals surface area contributed by atoms with Crippen molar-refractivity contribution in [2.75, 3.05) is 26.7 Å². The molecule has 3 amide bonds. The average molecular weight is 530 g/mol. The third-order valence-corrected chi connectivity index (χ3v) is 6.84. The third-order valence-electron chi connectivity index (χ3n) is 6.84. The molecule has 0 spiro atoms. The molecule has 2 aliphatic heterocycles. The van der Waals surface area contributed by atoms with E-state index in [0.29, 0.717) is 12.0 Å². The Hall–Kier alpha value is -3.89. The number of hydrogen-bond acceptors (Lipinski definition) is 5. The zero-order valence-corrected chi connectivity index (χ0v) is 21.5. The molecule has 0 radical (unpaired) electrons. The molecule has 0 saturated carbocycles. The van der Waals surface area contributed by atoms with Gasteiger partial charge in [0, 0.05) is 20.1 Å². The van der Waals surface area contributed by atoms with Crippen LogP contribution < -0.4 is 5.73 Å². The van der Waals surface area contributed by atoms with Crippen LogP contribution in [-0.2, 0) is 27.8 Å². The fourth-order valence-electron chi connectivity index (χ4n) is 4.93. The predicted molar refractivity (Wildman–Crippen MR) is 135 cm³/mol. The molecule has 2 heterocycles. The lowest BCUT2D eigenvalue weighted by Crippen LogP contribution is -2.50. The summed E-state index contributed by atoms with van der Waals surface area (Å²) in [5.74, 6) is -1.58. The number of nitrogens with zero attached hydrogens (tertiary/aromatic N) is 4. The van der Waals surface area contributed by atoms with Gasteiger partial charge in [0.1, 0.15) is 6.54 Å². The van der Waals surface area contributed by atoms with Gasteiger partial charge in [-0.25, -0.2) is 4.99 Å². The minimum absolute atomic E-state index is 0.0445. The van der Waals surface area contributed by atoms with E-state index in [9.17, 15) is 27.6 Å². The van der Waals surface area contributed by atoms with E-state index in [4.69, 9.17) is 5.73 Å². The fraction of sp³-hybridized carbons (Fsp3) is 0.407. The molecule has 8 nitrogen and oxygen atoms in total. The Morgan fingerprint density at radius 1 is 1.11 bits per heavy atom. The van der Waals surface area contributed by atoms with E-state index in [-0.39, 0.29) is 55.4 Å². The lowest BCUT2D eigenvalue weighted by Gasteiger charge is -2.32. The summed E-state index contributed by atoms with van der Waals surface area (Å²) < 4.78 is 41.5. The van der Waals surface area contributed by atoms with E-state index in [1.165, 1.54) is 15.9 Å². The second kappa shape index (κ2) is 10.1. The Kier molecular flexibility index (Phi) is 7.22. The topological polar surface area (TPSA) is 99.3 Å². The molecule has 2 aromatic carbocycles. The highest BCUT2D eigenvalue weighted by Gasteiger charge is 2.49. The smallest absolute Gasteiger partial charge is 0.369 e. The number of hydrogen-bond donors (Lipinski definition) is 1. The Morgan fingerprint density at radius 2 is 1.79 bits per heavy atom. The Morgan fingerprint density at radius 3 is 2.39 bits per heavy atom. The summed E-state index contributed by atoms with van der Waals surface area (Å²) in [5.41, 5.74) is 4.23. The quantitative estimate of drug-likeness (QED) is 0.621. The number of carbonyl (C=O) groups excluding carboxylic acids is 3. The van der Waals surface area contributed by atoms with E-state index < -0.39 is 28.7 Å². The minimum atomic E-state index is -4.79. The highest BCUT2D eigenvalue weighted by atomic mass is 19.4. The molecule has 0 aromatic heterocycles. The van der Waals surface area contributed by atoms with Gasteiger partial charge in [-0.05, 0) is 35.6 Å². The maximum absolute atomic E-state index is 13.8. The number of likely N-dealkylation sites (N-methyl/N-ethyl adjacent to an activating group) is 1. The highest BCUT2D eigenvalue weighted by Crippen LogP contribution is 2.40. The minimum Gasteiger partial charge on any atom is -0.369 e. The Bertz CT molecular complexity index is 1280. The number of aliphatic imine (C=N–C) groups is 1. The molecule has 1 fully saturated rings. The predicted octanol–water partition coefficient (Wildman–Crippen LogP) is 3.22.